The molecule has 0 saturated heterocycles. The third-order valence-corrected chi connectivity index (χ3v) is 17.7. The first-order valence-electron chi connectivity index (χ1n) is 29.5. The minimum absolute atomic E-state index is 0.0230. The zero-order valence-corrected chi connectivity index (χ0v) is 49.0. The molecular formula is C76H71BN2O3. The lowest BCUT2D eigenvalue weighted by Gasteiger charge is -2.48. The number of benzene rings is 9. The average molecular weight is 1070 g/mol. The number of hydrogen-bond donors (Lipinski definition) is 0. The molecule has 82 heavy (non-hydrogen) atoms. The topological polar surface area (TPSA) is 38.1 Å². The van der Waals surface area contributed by atoms with Crippen molar-refractivity contribution in [1.82, 2.24) is 0 Å². The second kappa shape index (κ2) is 19.3. The number of furan rings is 1. The predicted molar refractivity (Wildman–Crippen MR) is 345 cm³/mol. The van der Waals surface area contributed by atoms with Crippen molar-refractivity contribution in [2.45, 2.75) is 98.4 Å². The molecule has 1 aromatic heterocycles. The van der Waals surface area contributed by atoms with Gasteiger partial charge in [-0.3, -0.25) is 0 Å². The van der Waals surface area contributed by atoms with Crippen LogP contribution < -0.4 is 35.7 Å². The minimum Gasteiger partial charge on any atom is -0.489 e. The summed E-state index contributed by atoms with van der Waals surface area (Å²) in [4.78, 5) is 5.24. The number of ether oxygens (including phenoxy) is 2. The van der Waals surface area contributed by atoms with Crippen LogP contribution in [0.4, 0.5) is 28.4 Å². The number of aryl methyl sites for hydroxylation is 1. The molecular weight excluding hydrogens is 1000 g/mol. The molecule has 14 rings (SSSR count). The van der Waals surface area contributed by atoms with Gasteiger partial charge >= 0.3 is 0 Å². The van der Waals surface area contributed by atoms with Crippen molar-refractivity contribution in [1.29, 1.82) is 0 Å². The highest BCUT2D eigenvalue weighted by Crippen LogP contribution is 2.52. The highest BCUT2D eigenvalue weighted by atomic mass is 16.5. The number of anilines is 5. The summed E-state index contributed by atoms with van der Waals surface area (Å²) in [5.41, 5.74) is 24.4. The van der Waals surface area contributed by atoms with Gasteiger partial charge in [0.25, 0.3) is 6.71 Å². The van der Waals surface area contributed by atoms with Crippen LogP contribution in [0.15, 0.2) is 210 Å². The lowest BCUT2D eigenvalue weighted by molar-refractivity contribution is 0.297. The van der Waals surface area contributed by atoms with Crippen molar-refractivity contribution >= 4 is 73.5 Å². The van der Waals surface area contributed by atoms with E-state index in [1.54, 1.807) is 0 Å². The maximum Gasteiger partial charge on any atom is 0.252 e. The summed E-state index contributed by atoms with van der Waals surface area (Å²) < 4.78 is 20.2. The van der Waals surface area contributed by atoms with Gasteiger partial charge in [0.15, 0.2) is 11.5 Å². The van der Waals surface area contributed by atoms with Gasteiger partial charge in [0.05, 0.1) is 24.9 Å². The Morgan fingerprint density at radius 3 is 1.80 bits per heavy atom. The molecule has 0 fully saturated rings. The lowest BCUT2D eigenvalue weighted by Crippen LogP contribution is -2.63. The molecule has 5 nitrogen and oxygen atoms in total. The van der Waals surface area contributed by atoms with Crippen LogP contribution in [0.1, 0.15) is 96.9 Å². The van der Waals surface area contributed by atoms with Crippen LogP contribution in [-0.2, 0) is 10.8 Å². The van der Waals surface area contributed by atoms with Gasteiger partial charge in [0.1, 0.15) is 11.2 Å². The first kappa shape index (κ1) is 51.7. The number of hydrogen-bond acceptors (Lipinski definition) is 5. The number of nitrogens with zero attached hydrogens (tertiary/aromatic N) is 2. The molecule has 1 aliphatic carbocycles. The Hall–Kier alpha value is -8.48. The van der Waals surface area contributed by atoms with Crippen LogP contribution in [0.3, 0.4) is 0 Å². The zero-order chi connectivity index (χ0) is 56.4. The Kier molecular flexibility index (Phi) is 12.2. The molecule has 10 aromatic rings. The third kappa shape index (κ3) is 8.85. The highest BCUT2D eigenvalue weighted by Gasteiger charge is 2.48. The van der Waals surface area contributed by atoms with Gasteiger partial charge in [-0.1, -0.05) is 202 Å². The molecule has 2 unspecified atom stereocenters. The monoisotopic (exact) mass is 1070 g/mol. The molecule has 6 heteroatoms. The van der Waals surface area contributed by atoms with Crippen LogP contribution in [0.5, 0.6) is 11.5 Å². The van der Waals surface area contributed by atoms with E-state index in [0.717, 1.165) is 84.9 Å². The summed E-state index contributed by atoms with van der Waals surface area (Å²) in [7, 11) is 0. The minimum atomic E-state index is -0.145. The quantitative estimate of drug-likeness (QED) is 0.155. The summed E-state index contributed by atoms with van der Waals surface area (Å²) in [6.45, 7) is 24.0. The van der Waals surface area contributed by atoms with E-state index in [1.807, 2.05) is 6.07 Å². The van der Waals surface area contributed by atoms with Crippen LogP contribution in [0.2, 0.25) is 0 Å². The molecule has 0 radical (unpaired) electrons. The van der Waals surface area contributed by atoms with E-state index in [-0.39, 0.29) is 34.9 Å². The van der Waals surface area contributed by atoms with E-state index in [9.17, 15) is 0 Å². The third-order valence-electron chi connectivity index (χ3n) is 17.7. The van der Waals surface area contributed by atoms with Crippen LogP contribution in [0, 0.1) is 12.3 Å². The summed E-state index contributed by atoms with van der Waals surface area (Å²) in [5, 5.41) is 2.24. The van der Waals surface area contributed by atoms with E-state index in [1.165, 1.54) is 61.0 Å². The molecule has 406 valence electrons. The molecule has 9 aromatic carbocycles. The van der Waals surface area contributed by atoms with Gasteiger partial charge in [-0.2, -0.15) is 0 Å². The van der Waals surface area contributed by atoms with Crippen molar-refractivity contribution in [3.63, 3.8) is 0 Å². The largest absolute Gasteiger partial charge is 0.489 e. The number of allylic oxidation sites excluding steroid dienone is 2. The first-order valence-corrected chi connectivity index (χ1v) is 29.5. The van der Waals surface area contributed by atoms with Gasteiger partial charge < -0.3 is 23.7 Å². The van der Waals surface area contributed by atoms with Crippen LogP contribution >= 0.6 is 0 Å². The first-order chi connectivity index (χ1) is 39.4. The van der Waals surface area contributed by atoms with Crippen molar-refractivity contribution < 1.29 is 13.9 Å². The fourth-order valence-corrected chi connectivity index (χ4v) is 13.3. The van der Waals surface area contributed by atoms with Crippen molar-refractivity contribution in [2.24, 2.45) is 5.41 Å². The smallest absolute Gasteiger partial charge is 0.252 e. The van der Waals surface area contributed by atoms with Gasteiger partial charge in [-0.05, 0) is 161 Å². The van der Waals surface area contributed by atoms with E-state index in [2.05, 4.69) is 273 Å². The molecule has 4 heterocycles. The average Bonchev–Trinajstić information content (AvgIpc) is 1.57. The summed E-state index contributed by atoms with van der Waals surface area (Å²) in [6, 6.07) is 68.4. The number of fused-ring (bicyclic) bond motifs is 9. The summed E-state index contributed by atoms with van der Waals surface area (Å²) in [5.74, 6) is 1.64. The maximum atomic E-state index is 7.02. The Bertz CT molecular complexity index is 4150. The molecule has 0 N–H and O–H groups in total. The second-order valence-corrected chi connectivity index (χ2v) is 26.4. The Morgan fingerprint density at radius 2 is 1.11 bits per heavy atom. The molecule has 0 amide bonds. The summed E-state index contributed by atoms with van der Waals surface area (Å²) >= 11 is 0. The Labute approximate surface area is 484 Å². The molecule has 3 aliphatic heterocycles. The maximum absolute atomic E-state index is 7.02. The van der Waals surface area contributed by atoms with E-state index in [4.69, 9.17) is 13.9 Å². The van der Waals surface area contributed by atoms with Crippen molar-refractivity contribution in [3.8, 4) is 44.9 Å². The number of rotatable bonds is 6. The van der Waals surface area contributed by atoms with Crippen molar-refractivity contribution in [3.05, 3.63) is 228 Å². The van der Waals surface area contributed by atoms with Gasteiger partial charge in [-0.25, -0.2) is 0 Å². The van der Waals surface area contributed by atoms with E-state index < -0.39 is 0 Å². The Morgan fingerprint density at radius 1 is 0.500 bits per heavy atom. The highest BCUT2D eigenvalue weighted by molar-refractivity contribution is 7.00. The fourth-order valence-electron chi connectivity index (χ4n) is 13.3. The zero-order valence-electron chi connectivity index (χ0n) is 49.0. The standard InChI is InChI=1S/C76H71BN2O3/c1-47-39-66-71-67(40-47)79(64-35-31-57(76(8,9)10)46-61(64)50-17-12-11-13-18-50)72-63(34-36-69-73(72)81-38-16-37-80-69)77(71)62-33-26-51(52-25-32-60-59-19-14-15-20-68(59)82-70(60)45-52)44-65(62)78(66)58-42-53(48-21-27-55(28-22-48)74(2,3)4)41-54(43-58)49-23-29-56(30-24-49)75(5,6)7/h11-15,17-36,39-46,61,64H,16,37-38H2,1-10H3. The lowest BCUT2D eigenvalue weighted by atomic mass is 9.33. The summed E-state index contributed by atoms with van der Waals surface area (Å²) in [6.07, 6.45) is 8.20. The van der Waals surface area contributed by atoms with Crippen LogP contribution in [0.25, 0.3) is 55.3 Å². The number of para-hydroxylation sites is 1. The van der Waals surface area contributed by atoms with E-state index in [0.29, 0.717) is 13.2 Å². The molecule has 0 bridgehead atoms. The SMILES string of the molecule is Cc1cc2c3c(c1)N(C1C=CC(C(C)(C)C)=CC1c1ccccc1)c1c(ccc4c1OCCCO4)B3c1ccc(-c3ccc4c(c3)oc3ccccc34)cc1N2c1cc(-c2ccc(C(C)(C)C)cc2)cc(-c2ccc(C(C)(C)C)cc2)c1. The molecule has 0 saturated carbocycles. The molecule has 0 spiro atoms. The fraction of sp³-hybridized carbons (Fsp3) is 0.237. The van der Waals surface area contributed by atoms with Crippen molar-refractivity contribution in [2.75, 3.05) is 23.0 Å². The second-order valence-electron chi connectivity index (χ2n) is 26.4. The van der Waals surface area contributed by atoms with E-state index >= 15 is 0 Å². The van der Waals surface area contributed by atoms with Gasteiger partial charge in [0, 0.05) is 45.9 Å². The van der Waals surface area contributed by atoms with Gasteiger partial charge in [-0.15, -0.1) is 0 Å². The Balaban J connectivity index is 1.05. The molecule has 4 aliphatic rings. The van der Waals surface area contributed by atoms with Gasteiger partial charge in [0.2, 0.25) is 0 Å². The predicted octanol–water partition coefficient (Wildman–Crippen LogP) is 18.1. The van der Waals surface area contributed by atoms with Crippen LogP contribution in [-0.4, -0.2) is 26.0 Å². The normalized spacial score (nSPS) is 16.7. The molecule has 2 atom stereocenters.